The first kappa shape index (κ1) is 17.6. The zero-order chi connectivity index (χ0) is 17.8. The number of nitrogens with one attached hydrogen (secondary N) is 2. The van der Waals surface area contributed by atoms with Crippen LogP contribution in [0.2, 0.25) is 0 Å². The molecule has 2 fully saturated rings. The molecule has 1 aromatic carbocycles. The largest absolute Gasteiger partial charge is 0.465 e. The van der Waals surface area contributed by atoms with Gasteiger partial charge in [0.25, 0.3) is 0 Å². The van der Waals surface area contributed by atoms with E-state index in [1.165, 1.54) is 6.07 Å². The van der Waals surface area contributed by atoms with Gasteiger partial charge in [0.05, 0.1) is 12.3 Å². The average molecular weight is 350 g/mol. The maximum atomic E-state index is 13.9. The SMILES string of the molecule is CCOC(=O)C1CNC(N2CCN(c3ccccc3F)CC2)NC1=O. The number of nitrogens with zero attached hydrogens (tertiary/aromatic N) is 2. The molecule has 0 spiro atoms. The van der Waals surface area contributed by atoms with Gasteiger partial charge in [-0.25, -0.2) is 4.39 Å². The molecule has 1 amide bonds. The summed E-state index contributed by atoms with van der Waals surface area (Å²) in [5, 5.41) is 6.00. The lowest BCUT2D eigenvalue weighted by atomic mass is 10.1. The van der Waals surface area contributed by atoms with Crippen LogP contribution in [0.25, 0.3) is 0 Å². The van der Waals surface area contributed by atoms with Gasteiger partial charge in [-0.1, -0.05) is 12.1 Å². The number of benzene rings is 1. The smallest absolute Gasteiger partial charge is 0.319 e. The molecule has 0 aromatic heterocycles. The molecule has 8 heteroatoms. The summed E-state index contributed by atoms with van der Waals surface area (Å²) in [5.74, 6) is -1.86. The van der Waals surface area contributed by atoms with Crippen molar-refractivity contribution in [2.24, 2.45) is 5.92 Å². The lowest BCUT2D eigenvalue weighted by molar-refractivity contribution is -0.154. The van der Waals surface area contributed by atoms with Crippen LogP contribution in [0, 0.1) is 11.7 Å². The van der Waals surface area contributed by atoms with Crippen molar-refractivity contribution in [3.05, 3.63) is 30.1 Å². The highest BCUT2D eigenvalue weighted by Gasteiger charge is 2.36. The summed E-state index contributed by atoms with van der Waals surface area (Å²) in [5.41, 5.74) is 0.602. The highest BCUT2D eigenvalue weighted by Crippen LogP contribution is 2.20. The van der Waals surface area contributed by atoms with E-state index >= 15 is 0 Å². The van der Waals surface area contributed by atoms with Crippen molar-refractivity contribution < 1.29 is 18.7 Å². The first-order valence-corrected chi connectivity index (χ1v) is 8.54. The van der Waals surface area contributed by atoms with E-state index in [2.05, 4.69) is 15.5 Å². The van der Waals surface area contributed by atoms with Crippen LogP contribution in [-0.4, -0.2) is 62.4 Å². The normalized spacial score (nSPS) is 24.7. The first-order valence-electron chi connectivity index (χ1n) is 8.54. The summed E-state index contributed by atoms with van der Waals surface area (Å²) in [7, 11) is 0. The van der Waals surface area contributed by atoms with E-state index in [-0.39, 0.29) is 31.2 Å². The molecule has 25 heavy (non-hydrogen) atoms. The summed E-state index contributed by atoms with van der Waals surface area (Å²) in [6.07, 6.45) is -0.319. The van der Waals surface area contributed by atoms with Gasteiger partial charge in [0.2, 0.25) is 5.91 Å². The van der Waals surface area contributed by atoms with E-state index in [4.69, 9.17) is 4.74 Å². The summed E-state index contributed by atoms with van der Waals surface area (Å²) < 4.78 is 18.8. The van der Waals surface area contributed by atoms with Crippen molar-refractivity contribution in [2.45, 2.75) is 13.2 Å². The van der Waals surface area contributed by atoms with Crippen LogP contribution < -0.4 is 15.5 Å². The Bertz CT molecular complexity index is 634. The van der Waals surface area contributed by atoms with E-state index in [9.17, 15) is 14.0 Å². The number of amides is 1. The molecule has 1 aromatic rings. The molecule has 2 unspecified atom stereocenters. The van der Waals surface area contributed by atoms with E-state index in [0.29, 0.717) is 31.9 Å². The molecule has 0 saturated carbocycles. The van der Waals surface area contributed by atoms with Crippen LogP contribution in [-0.2, 0) is 14.3 Å². The monoisotopic (exact) mass is 350 g/mol. The van der Waals surface area contributed by atoms with Crippen molar-refractivity contribution in [1.82, 2.24) is 15.5 Å². The van der Waals surface area contributed by atoms with Crippen LogP contribution in [0.5, 0.6) is 0 Å². The van der Waals surface area contributed by atoms with Crippen LogP contribution in [0.4, 0.5) is 10.1 Å². The minimum absolute atomic E-state index is 0.225. The zero-order valence-electron chi connectivity index (χ0n) is 14.2. The van der Waals surface area contributed by atoms with E-state index < -0.39 is 11.9 Å². The number of anilines is 1. The quantitative estimate of drug-likeness (QED) is 0.594. The fourth-order valence-electron chi connectivity index (χ4n) is 3.19. The number of halogens is 1. The molecule has 2 atom stereocenters. The van der Waals surface area contributed by atoms with Gasteiger partial charge in [0.15, 0.2) is 0 Å². The molecule has 7 nitrogen and oxygen atoms in total. The van der Waals surface area contributed by atoms with Gasteiger partial charge >= 0.3 is 5.97 Å². The number of carbonyl (C=O) groups excluding carboxylic acids is 2. The van der Waals surface area contributed by atoms with E-state index in [0.717, 1.165) is 0 Å². The number of ether oxygens (including phenoxy) is 1. The van der Waals surface area contributed by atoms with Crippen LogP contribution >= 0.6 is 0 Å². The molecule has 2 heterocycles. The van der Waals surface area contributed by atoms with Gasteiger partial charge in [0, 0.05) is 32.7 Å². The number of hydrogen-bond donors (Lipinski definition) is 2. The Morgan fingerprint density at radius 2 is 2.00 bits per heavy atom. The summed E-state index contributed by atoms with van der Waals surface area (Å²) in [4.78, 5) is 28.0. The standard InChI is InChI=1S/C17H23FN4O3/c1-2-25-16(24)12-11-19-17(20-15(12)23)22-9-7-21(8-10-22)14-6-4-3-5-13(14)18/h3-6,12,17,19H,2,7-11H2,1H3,(H,20,23). The Labute approximate surface area is 146 Å². The van der Waals surface area contributed by atoms with Crippen LogP contribution in [0.1, 0.15) is 6.92 Å². The number of esters is 1. The molecule has 136 valence electrons. The molecule has 3 rings (SSSR count). The highest BCUT2D eigenvalue weighted by molar-refractivity contribution is 5.98. The van der Waals surface area contributed by atoms with Gasteiger partial charge < -0.3 is 15.0 Å². The lowest BCUT2D eigenvalue weighted by Crippen LogP contribution is -2.67. The zero-order valence-corrected chi connectivity index (χ0v) is 14.2. The predicted octanol–water partition coefficient (Wildman–Crippen LogP) is 0.130. The Morgan fingerprint density at radius 1 is 1.28 bits per heavy atom. The third-order valence-electron chi connectivity index (χ3n) is 4.55. The topological polar surface area (TPSA) is 73.9 Å². The van der Waals surface area contributed by atoms with Crippen molar-refractivity contribution in [3.8, 4) is 0 Å². The van der Waals surface area contributed by atoms with Gasteiger partial charge in [-0.3, -0.25) is 19.8 Å². The van der Waals surface area contributed by atoms with Crippen molar-refractivity contribution in [1.29, 1.82) is 0 Å². The molecule has 0 bridgehead atoms. The van der Waals surface area contributed by atoms with Gasteiger partial charge in [0.1, 0.15) is 18.0 Å². The average Bonchev–Trinajstić information content (AvgIpc) is 2.62. The van der Waals surface area contributed by atoms with E-state index in [1.807, 2.05) is 11.0 Å². The maximum absolute atomic E-state index is 13.9. The fourth-order valence-corrected chi connectivity index (χ4v) is 3.19. The molecular weight excluding hydrogens is 327 g/mol. The predicted molar refractivity (Wildman–Crippen MR) is 90.2 cm³/mol. The number of hydrogen-bond acceptors (Lipinski definition) is 6. The van der Waals surface area contributed by atoms with Gasteiger partial charge in [-0.15, -0.1) is 0 Å². The summed E-state index contributed by atoms with van der Waals surface area (Å²) in [6, 6.07) is 6.73. The number of rotatable bonds is 4. The van der Waals surface area contributed by atoms with E-state index in [1.54, 1.807) is 19.1 Å². The Balaban J connectivity index is 1.53. The molecule has 0 radical (unpaired) electrons. The molecule has 2 saturated heterocycles. The van der Waals surface area contributed by atoms with Crippen LogP contribution in [0.3, 0.4) is 0 Å². The van der Waals surface area contributed by atoms with Crippen LogP contribution in [0.15, 0.2) is 24.3 Å². The lowest BCUT2D eigenvalue weighted by Gasteiger charge is -2.42. The maximum Gasteiger partial charge on any atom is 0.319 e. The minimum atomic E-state index is -0.809. The third-order valence-corrected chi connectivity index (χ3v) is 4.55. The van der Waals surface area contributed by atoms with Crippen molar-refractivity contribution >= 4 is 17.6 Å². The fraction of sp³-hybridized carbons (Fsp3) is 0.529. The van der Waals surface area contributed by atoms with Gasteiger partial charge in [-0.05, 0) is 19.1 Å². The molecule has 2 aliphatic rings. The summed E-state index contributed by atoms with van der Waals surface area (Å²) >= 11 is 0. The van der Waals surface area contributed by atoms with Crippen molar-refractivity contribution in [2.75, 3.05) is 44.2 Å². The molecule has 0 aliphatic carbocycles. The Kier molecular flexibility index (Phi) is 5.50. The second-order valence-electron chi connectivity index (χ2n) is 6.10. The molecule has 2 aliphatic heterocycles. The van der Waals surface area contributed by atoms with Gasteiger partial charge in [-0.2, -0.15) is 0 Å². The molecule has 2 N–H and O–H groups in total. The Hall–Kier alpha value is -2.19. The number of para-hydroxylation sites is 1. The Morgan fingerprint density at radius 3 is 2.64 bits per heavy atom. The molecular formula is C17H23FN4O3. The van der Waals surface area contributed by atoms with Crippen molar-refractivity contribution in [3.63, 3.8) is 0 Å². The number of carbonyl (C=O) groups is 2. The first-order chi connectivity index (χ1) is 12.1. The minimum Gasteiger partial charge on any atom is -0.465 e. The third kappa shape index (κ3) is 3.91. The highest BCUT2D eigenvalue weighted by atomic mass is 19.1. The second-order valence-corrected chi connectivity index (χ2v) is 6.10. The number of piperazine rings is 1. The second kappa shape index (κ2) is 7.79. The summed E-state index contributed by atoms with van der Waals surface area (Å²) in [6.45, 7) is 4.90.